The van der Waals surface area contributed by atoms with E-state index in [2.05, 4.69) is 20.5 Å². The third kappa shape index (κ3) is 5.49. The van der Waals surface area contributed by atoms with Crippen LogP contribution in [0.3, 0.4) is 0 Å². The summed E-state index contributed by atoms with van der Waals surface area (Å²) in [6.45, 7) is 5.14. The summed E-state index contributed by atoms with van der Waals surface area (Å²) in [5.74, 6) is 0. The number of hydrogen-bond donors (Lipinski definition) is 2. The second kappa shape index (κ2) is 11.1. The van der Waals surface area contributed by atoms with E-state index in [0.717, 1.165) is 47.4 Å². The van der Waals surface area contributed by atoms with Gasteiger partial charge in [0.1, 0.15) is 0 Å². The van der Waals surface area contributed by atoms with Crippen molar-refractivity contribution < 1.29 is 13.2 Å². The van der Waals surface area contributed by atoms with E-state index in [1.54, 1.807) is 16.8 Å². The van der Waals surface area contributed by atoms with Crippen LogP contribution >= 0.6 is 12.2 Å². The quantitative estimate of drug-likeness (QED) is 0.183. The Bertz CT molecular complexity index is 1440. The number of halogens is 3. The van der Waals surface area contributed by atoms with E-state index in [9.17, 15) is 13.2 Å². The minimum Gasteiger partial charge on any atom is -0.385 e. The van der Waals surface area contributed by atoms with E-state index in [0.29, 0.717) is 11.7 Å². The molecule has 3 heterocycles. The molecule has 1 aliphatic rings. The van der Waals surface area contributed by atoms with Crippen molar-refractivity contribution in [3.8, 4) is 5.69 Å². The number of thiocarbonyl (C=S) groups is 1. The lowest BCUT2D eigenvalue weighted by Crippen LogP contribution is -2.31. The van der Waals surface area contributed by atoms with Crippen molar-refractivity contribution in [1.29, 1.82) is 0 Å². The minimum absolute atomic E-state index is 0.118. The molecule has 5 rings (SSSR count). The highest BCUT2D eigenvalue weighted by molar-refractivity contribution is 7.80. The molecular formula is C30H30F3N5S. The van der Waals surface area contributed by atoms with Gasteiger partial charge in [0, 0.05) is 36.4 Å². The van der Waals surface area contributed by atoms with Gasteiger partial charge in [0.2, 0.25) is 0 Å². The molecule has 0 aliphatic carbocycles. The zero-order chi connectivity index (χ0) is 27.6. The monoisotopic (exact) mass is 549 g/mol. The van der Waals surface area contributed by atoms with Crippen LogP contribution < -0.4 is 10.6 Å². The molecule has 1 saturated heterocycles. The van der Waals surface area contributed by atoms with E-state index in [1.165, 1.54) is 12.1 Å². The molecule has 0 unspecified atom stereocenters. The van der Waals surface area contributed by atoms with Gasteiger partial charge >= 0.3 is 6.18 Å². The summed E-state index contributed by atoms with van der Waals surface area (Å²) < 4.78 is 43.5. The summed E-state index contributed by atoms with van der Waals surface area (Å²) >= 11 is 5.79. The lowest BCUT2D eigenvalue weighted by molar-refractivity contribution is -0.137. The first kappa shape index (κ1) is 26.7. The molecule has 2 N–H and O–H groups in total. The predicted molar refractivity (Wildman–Crippen MR) is 152 cm³/mol. The van der Waals surface area contributed by atoms with Gasteiger partial charge in [0.15, 0.2) is 5.11 Å². The van der Waals surface area contributed by atoms with Gasteiger partial charge in [-0.1, -0.05) is 36.4 Å². The van der Waals surface area contributed by atoms with Crippen molar-refractivity contribution in [2.45, 2.75) is 38.5 Å². The highest BCUT2D eigenvalue weighted by Gasteiger charge is 2.41. The number of anilines is 1. The number of hydrogen-bond acceptors (Lipinski definition) is 3. The summed E-state index contributed by atoms with van der Waals surface area (Å²) in [5.41, 5.74) is 3.72. The summed E-state index contributed by atoms with van der Waals surface area (Å²) in [6.07, 6.45) is -1.91. The smallest absolute Gasteiger partial charge is 0.385 e. The Kier molecular flexibility index (Phi) is 7.61. The van der Waals surface area contributed by atoms with Crippen molar-refractivity contribution in [2.75, 3.05) is 18.4 Å². The molecule has 5 nitrogen and oxygen atoms in total. The van der Waals surface area contributed by atoms with Crippen LogP contribution in [0.4, 0.5) is 18.9 Å². The van der Waals surface area contributed by atoms with Crippen LogP contribution in [-0.2, 0) is 6.18 Å². The third-order valence-corrected chi connectivity index (χ3v) is 7.47. The molecule has 0 spiro atoms. The van der Waals surface area contributed by atoms with Gasteiger partial charge in [-0.25, -0.2) is 0 Å². The summed E-state index contributed by atoms with van der Waals surface area (Å²) in [6, 6.07) is 22.9. The average molecular weight is 550 g/mol. The molecular weight excluding hydrogens is 519 g/mol. The van der Waals surface area contributed by atoms with E-state index in [1.807, 2.05) is 68.4 Å². The SMILES string of the molecule is Cc1cc([C@@H]2[C@H](c3ccccn3)NC(=S)N2CCCNc2ccccc2)c(C)n1-c1ccccc1C(F)(F)F. The Hall–Kier alpha value is -3.85. The van der Waals surface area contributed by atoms with Crippen molar-refractivity contribution in [2.24, 2.45) is 0 Å². The number of rotatable bonds is 8. The molecule has 1 fully saturated rings. The van der Waals surface area contributed by atoms with Gasteiger partial charge in [0.25, 0.3) is 0 Å². The topological polar surface area (TPSA) is 45.1 Å². The molecule has 2 aromatic carbocycles. The summed E-state index contributed by atoms with van der Waals surface area (Å²) in [4.78, 5) is 6.73. The van der Waals surface area contributed by atoms with Crippen LogP contribution in [0.15, 0.2) is 85.1 Å². The molecule has 202 valence electrons. The Morgan fingerprint density at radius 3 is 2.41 bits per heavy atom. The molecule has 9 heteroatoms. The van der Waals surface area contributed by atoms with Gasteiger partial charge in [-0.2, -0.15) is 13.2 Å². The Morgan fingerprint density at radius 1 is 0.974 bits per heavy atom. The largest absolute Gasteiger partial charge is 0.418 e. The summed E-state index contributed by atoms with van der Waals surface area (Å²) in [7, 11) is 0. The first-order valence-electron chi connectivity index (χ1n) is 12.9. The second-order valence-corrected chi connectivity index (χ2v) is 10.0. The van der Waals surface area contributed by atoms with E-state index >= 15 is 0 Å². The fraction of sp³-hybridized carbons (Fsp3) is 0.267. The zero-order valence-electron chi connectivity index (χ0n) is 21.7. The molecule has 1 aliphatic heterocycles. The van der Waals surface area contributed by atoms with E-state index in [-0.39, 0.29) is 17.8 Å². The van der Waals surface area contributed by atoms with Crippen molar-refractivity contribution in [1.82, 2.24) is 19.8 Å². The number of nitrogens with one attached hydrogen (secondary N) is 2. The first-order chi connectivity index (χ1) is 18.8. The standard InChI is InChI=1S/C30H30F3N5S/c1-20-19-23(21(2)38(20)26-15-7-6-13-24(26)30(31,32)33)28-27(25-14-8-9-16-35-25)36-29(39)37(28)18-10-17-34-22-11-4-3-5-12-22/h3-9,11-16,19,27-28,34H,10,17-18H2,1-2H3,(H,36,39)/t27-,28+/m0/s1. The Balaban J connectivity index is 1.50. The number of nitrogens with zero attached hydrogens (tertiary/aromatic N) is 3. The number of alkyl halides is 3. The number of para-hydroxylation sites is 2. The highest BCUT2D eigenvalue weighted by atomic mass is 32.1. The van der Waals surface area contributed by atoms with E-state index < -0.39 is 11.7 Å². The fourth-order valence-electron chi connectivity index (χ4n) is 5.39. The van der Waals surface area contributed by atoms with Crippen molar-refractivity contribution in [3.05, 3.63) is 113 Å². The summed E-state index contributed by atoms with van der Waals surface area (Å²) in [5, 5.41) is 7.49. The number of pyridine rings is 1. The predicted octanol–water partition coefficient (Wildman–Crippen LogP) is 6.98. The van der Waals surface area contributed by atoms with Crippen molar-refractivity contribution in [3.63, 3.8) is 0 Å². The van der Waals surface area contributed by atoms with Crippen molar-refractivity contribution >= 4 is 23.0 Å². The molecule has 0 amide bonds. The number of aromatic nitrogens is 2. The van der Waals surface area contributed by atoms with Gasteiger partial charge in [-0.05, 0) is 80.5 Å². The fourth-order valence-corrected chi connectivity index (χ4v) is 5.72. The third-order valence-electron chi connectivity index (χ3n) is 7.12. The first-order valence-corrected chi connectivity index (χ1v) is 13.3. The second-order valence-electron chi connectivity index (χ2n) is 9.64. The lowest BCUT2D eigenvalue weighted by atomic mass is 9.96. The maximum Gasteiger partial charge on any atom is 0.418 e. The molecule has 39 heavy (non-hydrogen) atoms. The number of benzene rings is 2. The number of aryl methyl sites for hydroxylation is 1. The maximum absolute atomic E-state index is 13.9. The van der Waals surface area contributed by atoms with Gasteiger partial charge in [0.05, 0.1) is 29.0 Å². The molecule has 0 radical (unpaired) electrons. The van der Waals surface area contributed by atoms with E-state index in [4.69, 9.17) is 12.2 Å². The maximum atomic E-state index is 13.9. The molecule has 0 bridgehead atoms. The van der Waals surface area contributed by atoms with Crippen LogP contribution in [0.1, 0.15) is 46.7 Å². The van der Waals surface area contributed by atoms with Crippen LogP contribution in [0.2, 0.25) is 0 Å². The highest BCUT2D eigenvalue weighted by Crippen LogP contribution is 2.42. The normalized spacial score (nSPS) is 17.4. The zero-order valence-corrected chi connectivity index (χ0v) is 22.6. The lowest BCUT2D eigenvalue weighted by Gasteiger charge is -2.28. The molecule has 2 aromatic heterocycles. The molecule has 0 saturated carbocycles. The Morgan fingerprint density at radius 2 is 1.69 bits per heavy atom. The Labute approximate surface area is 231 Å². The minimum atomic E-state index is -4.47. The molecule has 4 aromatic rings. The average Bonchev–Trinajstić information content (AvgIpc) is 3.41. The van der Waals surface area contributed by atoms with Gasteiger partial charge in [-0.15, -0.1) is 0 Å². The van der Waals surface area contributed by atoms with Crippen LogP contribution in [0.25, 0.3) is 5.69 Å². The van der Waals surface area contributed by atoms with Crippen LogP contribution in [0, 0.1) is 13.8 Å². The van der Waals surface area contributed by atoms with Crippen LogP contribution in [0.5, 0.6) is 0 Å². The molecule has 2 atom stereocenters. The van der Waals surface area contributed by atoms with Crippen LogP contribution in [-0.4, -0.2) is 32.7 Å². The van der Waals surface area contributed by atoms with Gasteiger partial charge in [-0.3, -0.25) is 4.98 Å². The van der Waals surface area contributed by atoms with Gasteiger partial charge < -0.3 is 20.1 Å².